The summed E-state index contributed by atoms with van der Waals surface area (Å²) in [5.74, 6) is -0.447. The van der Waals surface area contributed by atoms with Gasteiger partial charge >= 0.3 is 11.9 Å². The molecule has 0 N–H and O–H groups in total. The Morgan fingerprint density at radius 2 is 1.36 bits per heavy atom. The minimum Gasteiger partial charge on any atom is -0.465 e. The highest BCUT2D eigenvalue weighted by molar-refractivity contribution is 5.82. The summed E-state index contributed by atoms with van der Waals surface area (Å²) in [6.45, 7) is 2.95. The number of esters is 2. The van der Waals surface area contributed by atoms with Crippen molar-refractivity contribution in [1.82, 2.24) is 0 Å². The van der Waals surface area contributed by atoms with Gasteiger partial charge in [0.15, 0.2) is 0 Å². The van der Waals surface area contributed by atoms with Crippen LogP contribution in [0.15, 0.2) is 0 Å². The predicted molar refractivity (Wildman–Crippen MR) is 84.2 cm³/mol. The lowest BCUT2D eigenvalue weighted by Crippen LogP contribution is -2.35. The van der Waals surface area contributed by atoms with E-state index >= 15 is 0 Å². The molecule has 22 heavy (non-hydrogen) atoms. The second-order valence-electron chi connectivity index (χ2n) is 6.80. The van der Waals surface area contributed by atoms with Gasteiger partial charge in [-0.3, -0.25) is 9.59 Å². The largest absolute Gasteiger partial charge is 0.465 e. The molecule has 0 spiro atoms. The zero-order valence-electron chi connectivity index (χ0n) is 13.9. The lowest BCUT2D eigenvalue weighted by molar-refractivity contribution is -0.163. The average Bonchev–Trinajstić information content (AvgIpc) is 2.58. The second kappa shape index (κ2) is 9.16. The molecule has 0 saturated heterocycles. The summed E-state index contributed by atoms with van der Waals surface area (Å²) < 4.78 is 10.8. The van der Waals surface area contributed by atoms with Crippen molar-refractivity contribution in [3.05, 3.63) is 0 Å². The number of carbonyl (C=O) groups excluding carboxylic acids is 2. The molecule has 2 unspecified atom stereocenters. The molecule has 2 aliphatic carbocycles. The predicted octanol–water partition coefficient (Wildman–Crippen LogP) is 3.87. The lowest BCUT2D eigenvalue weighted by Gasteiger charge is -2.29. The van der Waals surface area contributed by atoms with Crippen LogP contribution >= 0.6 is 0 Å². The van der Waals surface area contributed by atoms with E-state index in [1.807, 2.05) is 6.92 Å². The number of hydrogen-bond donors (Lipinski definition) is 0. The van der Waals surface area contributed by atoms with Crippen molar-refractivity contribution in [1.29, 1.82) is 0 Å². The maximum atomic E-state index is 12.4. The van der Waals surface area contributed by atoms with Gasteiger partial charge in [-0.15, -0.1) is 0 Å². The molecule has 0 amide bonds. The third-order valence-electron chi connectivity index (χ3n) is 5.01. The molecule has 0 aromatic carbocycles. The number of ether oxygens (including phenoxy) is 2. The van der Waals surface area contributed by atoms with Gasteiger partial charge < -0.3 is 9.47 Å². The fourth-order valence-electron chi connectivity index (χ4n) is 3.67. The van der Waals surface area contributed by atoms with Gasteiger partial charge in [0, 0.05) is 0 Å². The Kier molecular flexibility index (Phi) is 7.20. The number of rotatable bonds is 6. The summed E-state index contributed by atoms with van der Waals surface area (Å²) in [6.07, 6.45) is 10.5. The quantitative estimate of drug-likeness (QED) is 0.699. The van der Waals surface area contributed by atoms with E-state index in [1.165, 1.54) is 32.1 Å². The van der Waals surface area contributed by atoms with E-state index in [2.05, 4.69) is 0 Å². The third-order valence-corrected chi connectivity index (χ3v) is 5.01. The normalized spacial score (nSPS) is 26.4. The van der Waals surface area contributed by atoms with Gasteiger partial charge in [0.2, 0.25) is 0 Å². The van der Waals surface area contributed by atoms with Crippen LogP contribution in [0.4, 0.5) is 0 Å². The standard InChI is InChI=1S/C18H30O4/c1-2-12-21-17(19)15-10-6-7-11-16(15)18(20)22-13-14-8-4-3-5-9-14/h14-16H,2-13H2,1H3. The highest BCUT2D eigenvalue weighted by Crippen LogP contribution is 2.32. The van der Waals surface area contributed by atoms with Crippen LogP contribution in [-0.4, -0.2) is 25.2 Å². The topological polar surface area (TPSA) is 52.6 Å². The summed E-state index contributed by atoms with van der Waals surface area (Å²) >= 11 is 0. The van der Waals surface area contributed by atoms with Gasteiger partial charge in [0.1, 0.15) is 0 Å². The third kappa shape index (κ3) is 4.99. The molecule has 0 radical (unpaired) electrons. The second-order valence-corrected chi connectivity index (χ2v) is 6.80. The Hall–Kier alpha value is -1.06. The monoisotopic (exact) mass is 310 g/mol. The first-order valence-electron chi connectivity index (χ1n) is 9.05. The molecule has 4 nitrogen and oxygen atoms in total. The van der Waals surface area contributed by atoms with E-state index in [4.69, 9.17) is 9.47 Å². The van der Waals surface area contributed by atoms with Crippen LogP contribution in [0.25, 0.3) is 0 Å². The summed E-state index contributed by atoms with van der Waals surface area (Å²) in [7, 11) is 0. The highest BCUT2D eigenvalue weighted by atomic mass is 16.5. The molecule has 2 rings (SSSR count). The minimum atomic E-state index is -0.292. The first-order chi connectivity index (χ1) is 10.7. The van der Waals surface area contributed by atoms with Crippen LogP contribution in [0.2, 0.25) is 0 Å². The molecule has 4 heteroatoms. The molecule has 2 fully saturated rings. The molecule has 2 aliphatic rings. The zero-order valence-corrected chi connectivity index (χ0v) is 13.9. The van der Waals surface area contributed by atoms with Crippen molar-refractivity contribution in [2.45, 2.75) is 71.1 Å². The van der Waals surface area contributed by atoms with E-state index in [9.17, 15) is 9.59 Å². The highest BCUT2D eigenvalue weighted by Gasteiger charge is 2.38. The van der Waals surface area contributed by atoms with Crippen LogP contribution in [-0.2, 0) is 19.1 Å². The SMILES string of the molecule is CCCOC(=O)C1CCCCC1C(=O)OCC1CCCCC1. The first-order valence-corrected chi connectivity index (χ1v) is 9.05. The van der Waals surface area contributed by atoms with E-state index in [1.54, 1.807) is 0 Å². The summed E-state index contributed by atoms with van der Waals surface area (Å²) in [6, 6.07) is 0. The molecule has 0 aliphatic heterocycles. The van der Waals surface area contributed by atoms with Crippen molar-refractivity contribution < 1.29 is 19.1 Å². The van der Waals surface area contributed by atoms with Crippen molar-refractivity contribution in [3.8, 4) is 0 Å². The first kappa shape index (κ1) is 17.3. The maximum absolute atomic E-state index is 12.4. The Labute approximate surface area is 133 Å². The van der Waals surface area contributed by atoms with Crippen LogP contribution in [0.5, 0.6) is 0 Å². The molecule has 2 atom stereocenters. The summed E-state index contributed by atoms with van der Waals surface area (Å²) in [4.78, 5) is 24.5. The number of carbonyl (C=O) groups is 2. The van der Waals surface area contributed by atoms with Gasteiger partial charge in [-0.2, -0.15) is 0 Å². The van der Waals surface area contributed by atoms with Crippen molar-refractivity contribution >= 4 is 11.9 Å². The molecule has 0 heterocycles. The van der Waals surface area contributed by atoms with Gasteiger partial charge in [0.05, 0.1) is 25.0 Å². The zero-order chi connectivity index (χ0) is 15.8. The van der Waals surface area contributed by atoms with Crippen molar-refractivity contribution in [3.63, 3.8) is 0 Å². The Balaban J connectivity index is 1.83. The fraction of sp³-hybridized carbons (Fsp3) is 0.889. The molecule has 2 saturated carbocycles. The van der Waals surface area contributed by atoms with Gasteiger partial charge in [0.25, 0.3) is 0 Å². The smallest absolute Gasteiger partial charge is 0.309 e. The van der Waals surface area contributed by atoms with Crippen LogP contribution in [0.1, 0.15) is 71.1 Å². The van der Waals surface area contributed by atoms with E-state index in [0.717, 1.165) is 32.1 Å². The number of hydrogen-bond acceptors (Lipinski definition) is 4. The average molecular weight is 310 g/mol. The van der Waals surface area contributed by atoms with E-state index in [0.29, 0.717) is 19.1 Å². The lowest BCUT2D eigenvalue weighted by atomic mass is 9.79. The molecule has 0 bridgehead atoms. The Bertz CT molecular complexity index is 360. The minimum absolute atomic E-state index is 0.177. The molecular weight excluding hydrogens is 280 g/mol. The van der Waals surface area contributed by atoms with Crippen molar-refractivity contribution in [2.75, 3.05) is 13.2 Å². The van der Waals surface area contributed by atoms with E-state index in [-0.39, 0.29) is 23.8 Å². The van der Waals surface area contributed by atoms with Gasteiger partial charge in [-0.05, 0) is 38.0 Å². The molecule has 0 aromatic rings. The van der Waals surface area contributed by atoms with Crippen LogP contribution in [0, 0.1) is 17.8 Å². The summed E-state index contributed by atoms with van der Waals surface area (Å²) in [5.41, 5.74) is 0. The van der Waals surface area contributed by atoms with Crippen LogP contribution < -0.4 is 0 Å². The Morgan fingerprint density at radius 1 is 0.818 bits per heavy atom. The fourth-order valence-corrected chi connectivity index (χ4v) is 3.67. The molecular formula is C18H30O4. The summed E-state index contributed by atoms with van der Waals surface area (Å²) in [5, 5.41) is 0. The van der Waals surface area contributed by atoms with Gasteiger partial charge in [-0.1, -0.05) is 39.0 Å². The molecule has 0 aromatic heterocycles. The van der Waals surface area contributed by atoms with Crippen molar-refractivity contribution in [2.24, 2.45) is 17.8 Å². The maximum Gasteiger partial charge on any atom is 0.309 e. The van der Waals surface area contributed by atoms with E-state index < -0.39 is 0 Å². The van der Waals surface area contributed by atoms with Crippen LogP contribution in [0.3, 0.4) is 0 Å². The Morgan fingerprint density at radius 3 is 1.95 bits per heavy atom. The van der Waals surface area contributed by atoms with Gasteiger partial charge in [-0.25, -0.2) is 0 Å². The molecule has 126 valence electrons.